The van der Waals surface area contributed by atoms with Gasteiger partial charge in [-0.3, -0.25) is 4.79 Å². The minimum atomic E-state index is -1.05. The van der Waals surface area contributed by atoms with Crippen molar-refractivity contribution < 1.29 is 14.7 Å². The van der Waals surface area contributed by atoms with Gasteiger partial charge in [0.15, 0.2) is 0 Å². The minimum Gasteiger partial charge on any atom is -0.478 e. The van der Waals surface area contributed by atoms with Crippen LogP contribution in [0.1, 0.15) is 20.3 Å². The monoisotopic (exact) mass is 198 g/mol. The summed E-state index contributed by atoms with van der Waals surface area (Å²) in [5.41, 5.74) is 5.10. The highest BCUT2D eigenvalue weighted by atomic mass is 16.4. The van der Waals surface area contributed by atoms with Gasteiger partial charge in [0, 0.05) is 12.7 Å². The second-order valence-corrected chi connectivity index (χ2v) is 3.92. The normalized spacial score (nSPS) is 17.2. The van der Waals surface area contributed by atoms with Crippen LogP contribution in [-0.4, -0.2) is 34.0 Å². The summed E-state index contributed by atoms with van der Waals surface area (Å²) in [5.74, 6) is -1.26. The number of nitrogens with two attached hydrogens (primary N) is 1. The first-order chi connectivity index (χ1) is 6.38. The minimum absolute atomic E-state index is 0.0429. The van der Waals surface area contributed by atoms with Crippen molar-refractivity contribution in [3.8, 4) is 0 Å². The summed E-state index contributed by atoms with van der Waals surface area (Å²) in [5, 5.41) is 8.71. The van der Waals surface area contributed by atoms with Gasteiger partial charge in [-0.25, -0.2) is 4.79 Å². The van der Waals surface area contributed by atoms with Crippen LogP contribution in [0, 0.1) is 0 Å². The molecule has 0 spiro atoms. The molecule has 0 radical (unpaired) electrons. The van der Waals surface area contributed by atoms with E-state index < -0.39 is 11.5 Å². The van der Waals surface area contributed by atoms with Crippen molar-refractivity contribution in [2.75, 3.05) is 6.54 Å². The molecular formula is C9H14N2O3. The molecule has 1 amide bonds. The number of rotatable bonds is 3. The van der Waals surface area contributed by atoms with Gasteiger partial charge in [0.1, 0.15) is 0 Å². The van der Waals surface area contributed by atoms with E-state index in [-0.39, 0.29) is 17.9 Å². The Labute approximate surface area is 82.2 Å². The summed E-state index contributed by atoms with van der Waals surface area (Å²) in [6.07, 6.45) is 1.33. The van der Waals surface area contributed by atoms with E-state index in [1.165, 1.54) is 11.1 Å². The third-order valence-corrected chi connectivity index (χ3v) is 2.32. The summed E-state index contributed by atoms with van der Waals surface area (Å²) in [6, 6.07) is 0. The molecule has 1 aliphatic rings. The first kappa shape index (κ1) is 10.7. The van der Waals surface area contributed by atoms with Crippen LogP contribution in [0.3, 0.4) is 0 Å². The fourth-order valence-electron chi connectivity index (χ4n) is 1.26. The molecule has 14 heavy (non-hydrogen) atoms. The molecule has 0 saturated heterocycles. The van der Waals surface area contributed by atoms with Gasteiger partial charge < -0.3 is 15.7 Å². The predicted molar refractivity (Wildman–Crippen MR) is 50.3 cm³/mol. The first-order valence-electron chi connectivity index (χ1n) is 4.34. The molecule has 0 aromatic heterocycles. The molecule has 78 valence electrons. The van der Waals surface area contributed by atoms with Gasteiger partial charge in [0.25, 0.3) is 0 Å². The Kier molecular flexibility index (Phi) is 2.62. The number of carbonyl (C=O) groups excluding carboxylic acids is 1. The van der Waals surface area contributed by atoms with E-state index in [2.05, 4.69) is 0 Å². The molecule has 5 heteroatoms. The van der Waals surface area contributed by atoms with Crippen LogP contribution in [-0.2, 0) is 9.59 Å². The smallest absolute Gasteiger partial charge is 0.333 e. The van der Waals surface area contributed by atoms with E-state index in [1.54, 1.807) is 13.8 Å². The number of carbonyl (C=O) groups is 2. The topological polar surface area (TPSA) is 83.6 Å². The zero-order valence-corrected chi connectivity index (χ0v) is 8.28. The van der Waals surface area contributed by atoms with Gasteiger partial charge in [-0.15, -0.1) is 0 Å². The van der Waals surface area contributed by atoms with Crippen molar-refractivity contribution in [2.24, 2.45) is 5.73 Å². The number of amides is 1. The van der Waals surface area contributed by atoms with Gasteiger partial charge in [0.2, 0.25) is 5.91 Å². The van der Waals surface area contributed by atoms with Crippen molar-refractivity contribution in [2.45, 2.75) is 25.8 Å². The lowest BCUT2D eigenvalue weighted by Gasteiger charge is -2.32. The van der Waals surface area contributed by atoms with E-state index in [1.807, 2.05) is 0 Å². The number of hydrogen-bond acceptors (Lipinski definition) is 3. The fourth-order valence-corrected chi connectivity index (χ4v) is 1.26. The lowest BCUT2D eigenvalue weighted by atomic mass is 10.0. The maximum absolute atomic E-state index is 11.4. The number of carboxylic acids is 1. The van der Waals surface area contributed by atoms with Crippen LogP contribution >= 0.6 is 0 Å². The van der Waals surface area contributed by atoms with E-state index >= 15 is 0 Å². The highest BCUT2D eigenvalue weighted by Gasteiger charge is 2.34. The second kappa shape index (κ2) is 3.42. The highest BCUT2D eigenvalue weighted by molar-refractivity contribution is 5.98. The molecule has 0 saturated carbocycles. The summed E-state index contributed by atoms with van der Waals surface area (Å²) in [6.45, 7) is 3.89. The van der Waals surface area contributed by atoms with Crippen molar-refractivity contribution >= 4 is 11.9 Å². The van der Waals surface area contributed by atoms with E-state index in [0.29, 0.717) is 6.54 Å². The quantitative estimate of drug-likeness (QED) is 0.664. The molecule has 1 heterocycles. The molecule has 1 aliphatic heterocycles. The molecule has 0 aromatic rings. The summed E-state index contributed by atoms with van der Waals surface area (Å²) >= 11 is 0. The molecule has 0 atom stereocenters. The Hall–Kier alpha value is -1.36. The zero-order valence-electron chi connectivity index (χ0n) is 8.28. The second-order valence-electron chi connectivity index (χ2n) is 3.92. The molecule has 0 unspecified atom stereocenters. The average molecular weight is 198 g/mol. The lowest BCUT2D eigenvalue weighted by molar-refractivity contribution is -0.134. The number of aliphatic carboxylic acids is 1. The first-order valence-corrected chi connectivity index (χ1v) is 4.34. The van der Waals surface area contributed by atoms with Crippen molar-refractivity contribution in [3.05, 3.63) is 11.8 Å². The summed E-state index contributed by atoms with van der Waals surface area (Å²) < 4.78 is 0. The predicted octanol–water partition coefficient (Wildman–Crippen LogP) is -0.0755. The van der Waals surface area contributed by atoms with Gasteiger partial charge in [-0.2, -0.15) is 0 Å². The van der Waals surface area contributed by atoms with Gasteiger partial charge in [-0.05, 0) is 13.8 Å². The summed E-state index contributed by atoms with van der Waals surface area (Å²) in [4.78, 5) is 23.5. The molecule has 5 nitrogen and oxygen atoms in total. The molecule has 1 rings (SSSR count). The maximum atomic E-state index is 11.4. The van der Waals surface area contributed by atoms with Gasteiger partial charge in [-0.1, -0.05) is 0 Å². The number of carboxylic acid groups (broad SMARTS) is 1. The molecule has 0 aliphatic carbocycles. The standard InChI is InChI=1S/C9H14N2O3/c1-9(2,5-10)11-4-6(8(13)14)3-7(11)12/h4H,3,5,10H2,1-2H3,(H,13,14). The molecular weight excluding hydrogens is 184 g/mol. The Bertz CT molecular complexity index is 307. The fraction of sp³-hybridized carbons (Fsp3) is 0.556. The molecule has 3 N–H and O–H groups in total. The van der Waals surface area contributed by atoms with E-state index in [4.69, 9.17) is 10.8 Å². The van der Waals surface area contributed by atoms with Crippen LogP contribution in [0.4, 0.5) is 0 Å². The maximum Gasteiger partial charge on any atom is 0.333 e. The van der Waals surface area contributed by atoms with Crippen molar-refractivity contribution in [1.29, 1.82) is 0 Å². The van der Waals surface area contributed by atoms with Gasteiger partial charge in [0.05, 0.1) is 17.5 Å². The van der Waals surface area contributed by atoms with Crippen LogP contribution in [0.5, 0.6) is 0 Å². The van der Waals surface area contributed by atoms with Crippen LogP contribution in [0.15, 0.2) is 11.8 Å². The Morgan fingerprint density at radius 2 is 2.29 bits per heavy atom. The highest BCUT2D eigenvalue weighted by Crippen LogP contribution is 2.24. The van der Waals surface area contributed by atoms with Crippen LogP contribution in [0.25, 0.3) is 0 Å². The van der Waals surface area contributed by atoms with Crippen LogP contribution in [0.2, 0.25) is 0 Å². The number of hydrogen-bond donors (Lipinski definition) is 2. The van der Waals surface area contributed by atoms with Crippen molar-refractivity contribution in [3.63, 3.8) is 0 Å². The van der Waals surface area contributed by atoms with Crippen molar-refractivity contribution in [1.82, 2.24) is 4.90 Å². The largest absolute Gasteiger partial charge is 0.478 e. The molecule has 0 aromatic carbocycles. The van der Waals surface area contributed by atoms with Gasteiger partial charge >= 0.3 is 5.97 Å². The third kappa shape index (κ3) is 1.77. The summed E-state index contributed by atoms with van der Waals surface area (Å²) in [7, 11) is 0. The third-order valence-electron chi connectivity index (χ3n) is 2.32. The average Bonchev–Trinajstić information content (AvgIpc) is 2.48. The molecule has 0 bridgehead atoms. The van der Waals surface area contributed by atoms with Crippen LogP contribution < -0.4 is 5.73 Å². The zero-order chi connectivity index (χ0) is 10.9. The Morgan fingerprint density at radius 3 is 2.64 bits per heavy atom. The number of nitrogens with zero attached hydrogens (tertiary/aromatic N) is 1. The van der Waals surface area contributed by atoms with E-state index in [0.717, 1.165) is 0 Å². The SMILES string of the molecule is CC(C)(CN)N1C=C(C(=O)O)CC1=O. The Morgan fingerprint density at radius 1 is 1.71 bits per heavy atom. The van der Waals surface area contributed by atoms with E-state index in [9.17, 15) is 9.59 Å². The Balaban J connectivity index is 2.92. The molecule has 0 fully saturated rings. The lowest BCUT2D eigenvalue weighted by Crippen LogP contribution is -2.47.